The molecule has 3 aromatic rings. The number of rotatable bonds is 8. The summed E-state index contributed by atoms with van der Waals surface area (Å²) in [5.41, 5.74) is 5.13. The fourth-order valence-corrected chi connectivity index (χ4v) is 5.57. The molecule has 0 bridgehead atoms. The Morgan fingerprint density at radius 2 is 1.72 bits per heavy atom. The highest BCUT2D eigenvalue weighted by Crippen LogP contribution is 2.49. The first kappa shape index (κ1) is 27.0. The molecule has 8 heteroatoms. The van der Waals surface area contributed by atoms with Crippen LogP contribution in [0.2, 0.25) is 5.02 Å². The molecule has 0 saturated carbocycles. The highest BCUT2D eigenvalue weighted by molar-refractivity contribution is 9.10. The van der Waals surface area contributed by atoms with E-state index in [1.807, 2.05) is 56.3 Å². The van der Waals surface area contributed by atoms with Gasteiger partial charge in [0.15, 0.2) is 17.3 Å². The zero-order chi connectivity index (χ0) is 27.7. The van der Waals surface area contributed by atoms with Gasteiger partial charge in [-0.2, -0.15) is 0 Å². The third kappa shape index (κ3) is 5.09. The average Bonchev–Trinajstić information content (AvgIpc) is 3.20. The molecule has 1 atom stereocenters. The standard InChI is InChI=1S/C31H27BrClNO5/c1-4-37-24-15-19(14-23(33)30(24)39-16-18-10-12-20(32)13-11-18)26-25(31(36)38-5-2)17(3)34-28-21-8-6-7-9-22(21)29(35)27(26)28/h6-15,26,34H,4-5,16H2,1-3H3/t26-/m0/s1. The van der Waals surface area contributed by atoms with E-state index < -0.39 is 11.9 Å². The van der Waals surface area contributed by atoms with Crippen LogP contribution >= 0.6 is 27.5 Å². The van der Waals surface area contributed by atoms with Crippen LogP contribution in [0.4, 0.5) is 0 Å². The number of ether oxygens (including phenoxy) is 3. The number of carbonyl (C=O) groups is 2. The summed E-state index contributed by atoms with van der Waals surface area (Å²) in [5, 5.41) is 3.62. The summed E-state index contributed by atoms with van der Waals surface area (Å²) in [5.74, 6) is -0.517. The Morgan fingerprint density at radius 1 is 1.00 bits per heavy atom. The van der Waals surface area contributed by atoms with Gasteiger partial charge >= 0.3 is 5.97 Å². The summed E-state index contributed by atoms with van der Waals surface area (Å²) >= 11 is 10.3. The van der Waals surface area contributed by atoms with Crippen molar-refractivity contribution in [2.75, 3.05) is 13.2 Å². The van der Waals surface area contributed by atoms with E-state index in [4.69, 9.17) is 25.8 Å². The second-order valence-electron chi connectivity index (χ2n) is 9.16. The molecule has 0 saturated heterocycles. The van der Waals surface area contributed by atoms with E-state index >= 15 is 0 Å². The molecular formula is C31H27BrClNO5. The van der Waals surface area contributed by atoms with Crippen LogP contribution in [0.1, 0.15) is 53.7 Å². The molecule has 1 N–H and O–H groups in total. The van der Waals surface area contributed by atoms with E-state index in [0.29, 0.717) is 56.8 Å². The Morgan fingerprint density at radius 3 is 2.41 bits per heavy atom. The molecule has 0 radical (unpaired) electrons. The summed E-state index contributed by atoms with van der Waals surface area (Å²) in [6.45, 7) is 6.30. The van der Waals surface area contributed by atoms with Crippen molar-refractivity contribution >= 4 is 45.0 Å². The molecule has 1 aliphatic carbocycles. The van der Waals surface area contributed by atoms with Crippen molar-refractivity contribution in [3.8, 4) is 11.5 Å². The Balaban J connectivity index is 1.61. The molecule has 1 aliphatic heterocycles. The van der Waals surface area contributed by atoms with Gasteiger partial charge in [0.1, 0.15) is 6.61 Å². The number of allylic oxidation sites excluding steroid dienone is 2. The average molecular weight is 609 g/mol. The van der Waals surface area contributed by atoms with Crippen molar-refractivity contribution in [3.05, 3.63) is 109 Å². The lowest BCUT2D eigenvalue weighted by Crippen LogP contribution is -2.29. The van der Waals surface area contributed by atoms with Gasteiger partial charge in [-0.25, -0.2) is 4.79 Å². The zero-order valence-electron chi connectivity index (χ0n) is 21.8. The number of esters is 1. The van der Waals surface area contributed by atoms with Gasteiger partial charge in [0, 0.05) is 32.8 Å². The molecule has 5 rings (SSSR count). The van der Waals surface area contributed by atoms with Gasteiger partial charge in [-0.3, -0.25) is 4.79 Å². The predicted octanol–water partition coefficient (Wildman–Crippen LogP) is 7.21. The smallest absolute Gasteiger partial charge is 0.336 e. The van der Waals surface area contributed by atoms with Crippen LogP contribution in [0.3, 0.4) is 0 Å². The fourth-order valence-electron chi connectivity index (χ4n) is 5.04. The van der Waals surface area contributed by atoms with Crippen LogP contribution in [0.15, 0.2) is 82.0 Å². The maximum absolute atomic E-state index is 13.7. The molecule has 0 aromatic heterocycles. The molecule has 0 fully saturated rings. The number of benzene rings is 3. The quantitative estimate of drug-likeness (QED) is 0.273. The largest absolute Gasteiger partial charge is 0.490 e. The summed E-state index contributed by atoms with van der Waals surface area (Å²) in [4.78, 5) is 27.0. The lowest BCUT2D eigenvalue weighted by molar-refractivity contribution is -0.138. The Labute approximate surface area is 240 Å². The molecule has 200 valence electrons. The first-order valence-electron chi connectivity index (χ1n) is 12.7. The van der Waals surface area contributed by atoms with E-state index in [9.17, 15) is 9.59 Å². The van der Waals surface area contributed by atoms with Crippen LogP contribution < -0.4 is 14.8 Å². The normalized spacial score (nSPS) is 16.0. The number of nitrogens with one attached hydrogen (secondary N) is 1. The topological polar surface area (TPSA) is 73.9 Å². The van der Waals surface area contributed by atoms with Gasteiger partial charge in [0.05, 0.1) is 29.5 Å². The summed E-state index contributed by atoms with van der Waals surface area (Å²) in [6.07, 6.45) is 0. The van der Waals surface area contributed by atoms with Gasteiger partial charge < -0.3 is 19.5 Å². The summed E-state index contributed by atoms with van der Waals surface area (Å²) < 4.78 is 18.5. The van der Waals surface area contributed by atoms with E-state index in [-0.39, 0.29) is 19.0 Å². The summed E-state index contributed by atoms with van der Waals surface area (Å²) in [6, 6.07) is 18.8. The van der Waals surface area contributed by atoms with E-state index in [1.165, 1.54) is 0 Å². The van der Waals surface area contributed by atoms with Crippen molar-refractivity contribution < 1.29 is 23.8 Å². The lowest BCUT2D eigenvalue weighted by Gasteiger charge is -2.30. The molecule has 2 aliphatic rings. The minimum Gasteiger partial charge on any atom is -0.490 e. The summed E-state index contributed by atoms with van der Waals surface area (Å²) in [7, 11) is 0. The van der Waals surface area contributed by atoms with Gasteiger partial charge in [0.2, 0.25) is 0 Å². The lowest BCUT2D eigenvalue weighted by atomic mass is 9.79. The molecule has 6 nitrogen and oxygen atoms in total. The number of hydrogen-bond acceptors (Lipinski definition) is 6. The maximum atomic E-state index is 13.7. The van der Waals surface area contributed by atoms with Crippen LogP contribution in [0.25, 0.3) is 5.70 Å². The Hall–Kier alpha value is -3.55. The fraction of sp³-hybridized carbons (Fsp3) is 0.226. The van der Waals surface area contributed by atoms with Crippen molar-refractivity contribution in [2.45, 2.75) is 33.3 Å². The van der Waals surface area contributed by atoms with Crippen molar-refractivity contribution in [3.63, 3.8) is 0 Å². The molecule has 39 heavy (non-hydrogen) atoms. The highest BCUT2D eigenvalue weighted by atomic mass is 79.9. The molecule has 3 aromatic carbocycles. The minimum absolute atomic E-state index is 0.142. The van der Waals surface area contributed by atoms with Gasteiger partial charge in [-0.1, -0.05) is 63.9 Å². The van der Waals surface area contributed by atoms with Crippen LogP contribution in [0, 0.1) is 0 Å². The number of Topliss-reactive ketones (excluding diaryl/α,β-unsaturated/α-hetero) is 1. The first-order valence-corrected chi connectivity index (χ1v) is 13.9. The third-order valence-electron chi connectivity index (χ3n) is 6.71. The molecule has 0 spiro atoms. The van der Waals surface area contributed by atoms with Gasteiger partial charge in [0.25, 0.3) is 0 Å². The van der Waals surface area contributed by atoms with Crippen molar-refractivity contribution in [1.82, 2.24) is 5.32 Å². The number of dihydropyridines is 1. The van der Waals surface area contributed by atoms with Gasteiger partial charge in [-0.15, -0.1) is 0 Å². The Bertz CT molecular complexity index is 1530. The second kappa shape index (κ2) is 11.3. The molecule has 1 heterocycles. The predicted molar refractivity (Wildman–Crippen MR) is 154 cm³/mol. The van der Waals surface area contributed by atoms with Crippen LogP contribution in [0.5, 0.6) is 11.5 Å². The number of halogens is 2. The molecular weight excluding hydrogens is 582 g/mol. The van der Waals surface area contributed by atoms with Crippen LogP contribution in [-0.2, 0) is 16.1 Å². The second-order valence-corrected chi connectivity index (χ2v) is 10.5. The van der Waals surface area contributed by atoms with E-state index in [2.05, 4.69) is 21.2 Å². The van der Waals surface area contributed by atoms with Gasteiger partial charge in [-0.05, 0) is 56.2 Å². The number of ketones is 1. The monoisotopic (exact) mass is 607 g/mol. The minimum atomic E-state index is -0.711. The zero-order valence-corrected chi connectivity index (χ0v) is 24.1. The number of carbonyl (C=O) groups excluding carboxylic acids is 2. The maximum Gasteiger partial charge on any atom is 0.336 e. The first-order chi connectivity index (χ1) is 18.8. The number of hydrogen-bond donors (Lipinski definition) is 1. The molecule has 0 amide bonds. The van der Waals surface area contributed by atoms with Crippen molar-refractivity contribution in [2.24, 2.45) is 0 Å². The van der Waals surface area contributed by atoms with Crippen molar-refractivity contribution in [1.29, 1.82) is 0 Å². The van der Waals surface area contributed by atoms with E-state index in [1.54, 1.807) is 25.1 Å². The van der Waals surface area contributed by atoms with Crippen LogP contribution in [-0.4, -0.2) is 25.0 Å². The third-order valence-corrected chi connectivity index (χ3v) is 7.52. The SMILES string of the molecule is CCOC(=O)C1=C(C)NC2=C(C(=O)c3ccccc32)[C@H]1c1cc(Cl)c(OCc2ccc(Br)cc2)c(OCC)c1. The number of fused-ring (bicyclic) bond motifs is 2. The highest BCUT2D eigenvalue weighted by Gasteiger charge is 2.43. The molecule has 0 unspecified atom stereocenters. The van der Waals surface area contributed by atoms with E-state index in [0.717, 1.165) is 15.6 Å². The Kier molecular flexibility index (Phi) is 7.82.